The SMILES string of the molecule is N=C(N)C1CCCN(S(=O)(=O)c2ccc(F)c(F)c2)C1. The molecule has 2 rings (SSSR count). The Balaban J connectivity index is 2.29. The molecule has 0 spiro atoms. The summed E-state index contributed by atoms with van der Waals surface area (Å²) in [7, 11) is -3.89. The molecule has 1 saturated heterocycles. The molecule has 1 atom stereocenters. The summed E-state index contributed by atoms with van der Waals surface area (Å²) in [5, 5.41) is 7.40. The zero-order valence-corrected chi connectivity index (χ0v) is 11.5. The molecule has 0 saturated carbocycles. The van der Waals surface area contributed by atoms with Crippen LogP contribution in [0.15, 0.2) is 23.1 Å². The largest absolute Gasteiger partial charge is 0.387 e. The van der Waals surface area contributed by atoms with E-state index in [0.717, 1.165) is 16.4 Å². The minimum absolute atomic E-state index is 0.0600. The maximum atomic E-state index is 13.2. The van der Waals surface area contributed by atoms with Gasteiger partial charge in [-0.05, 0) is 31.0 Å². The van der Waals surface area contributed by atoms with Gasteiger partial charge in [0.2, 0.25) is 10.0 Å². The number of hydrogen-bond acceptors (Lipinski definition) is 3. The van der Waals surface area contributed by atoms with Crippen molar-refractivity contribution in [1.29, 1.82) is 5.41 Å². The second kappa shape index (κ2) is 5.45. The third-order valence-corrected chi connectivity index (χ3v) is 5.21. The Morgan fingerprint density at radius 1 is 1.35 bits per heavy atom. The van der Waals surface area contributed by atoms with E-state index in [9.17, 15) is 17.2 Å². The first-order valence-corrected chi connectivity index (χ1v) is 7.55. The van der Waals surface area contributed by atoms with Crippen molar-refractivity contribution >= 4 is 15.9 Å². The van der Waals surface area contributed by atoms with E-state index in [1.807, 2.05) is 0 Å². The summed E-state index contributed by atoms with van der Waals surface area (Å²) in [4.78, 5) is -0.291. The predicted octanol–water partition coefficient (Wildman–Crippen LogP) is 1.30. The molecular weight excluding hydrogens is 288 g/mol. The van der Waals surface area contributed by atoms with E-state index < -0.39 is 21.7 Å². The molecule has 1 aromatic carbocycles. The lowest BCUT2D eigenvalue weighted by molar-refractivity contribution is 0.310. The Bertz CT molecular complexity index is 634. The van der Waals surface area contributed by atoms with Gasteiger partial charge in [0.25, 0.3) is 0 Å². The maximum absolute atomic E-state index is 13.2. The van der Waals surface area contributed by atoms with E-state index >= 15 is 0 Å². The lowest BCUT2D eigenvalue weighted by Crippen LogP contribution is -2.43. The molecule has 1 fully saturated rings. The Morgan fingerprint density at radius 2 is 2.05 bits per heavy atom. The highest BCUT2D eigenvalue weighted by atomic mass is 32.2. The van der Waals surface area contributed by atoms with Crippen LogP contribution in [0.4, 0.5) is 8.78 Å². The Kier molecular flexibility index (Phi) is 4.05. The van der Waals surface area contributed by atoms with Crippen LogP contribution in [0, 0.1) is 23.0 Å². The second-order valence-corrected chi connectivity index (χ2v) is 6.67. The Hall–Kier alpha value is -1.54. The topological polar surface area (TPSA) is 87.2 Å². The Labute approximate surface area is 115 Å². The number of nitrogens with zero attached hydrogens (tertiary/aromatic N) is 1. The molecule has 1 aliphatic heterocycles. The summed E-state index contributed by atoms with van der Waals surface area (Å²) >= 11 is 0. The average molecular weight is 303 g/mol. The summed E-state index contributed by atoms with van der Waals surface area (Å²) in [6.45, 7) is 0.377. The van der Waals surface area contributed by atoms with Crippen LogP contribution in [-0.2, 0) is 10.0 Å². The number of nitrogens with two attached hydrogens (primary N) is 1. The number of hydrogen-bond donors (Lipinski definition) is 2. The van der Waals surface area contributed by atoms with Gasteiger partial charge in [0.15, 0.2) is 11.6 Å². The monoisotopic (exact) mass is 303 g/mol. The van der Waals surface area contributed by atoms with Crippen LogP contribution in [0.3, 0.4) is 0 Å². The van der Waals surface area contributed by atoms with Gasteiger partial charge in [-0.1, -0.05) is 0 Å². The van der Waals surface area contributed by atoms with Gasteiger partial charge in [0, 0.05) is 19.0 Å². The molecule has 0 aromatic heterocycles. The fourth-order valence-electron chi connectivity index (χ4n) is 2.20. The highest BCUT2D eigenvalue weighted by Gasteiger charge is 2.31. The van der Waals surface area contributed by atoms with Crippen molar-refractivity contribution in [2.24, 2.45) is 11.7 Å². The van der Waals surface area contributed by atoms with Crippen LogP contribution in [0.5, 0.6) is 0 Å². The van der Waals surface area contributed by atoms with E-state index in [-0.39, 0.29) is 29.7 Å². The lowest BCUT2D eigenvalue weighted by atomic mass is 9.99. The van der Waals surface area contributed by atoms with E-state index in [2.05, 4.69) is 0 Å². The molecule has 110 valence electrons. The van der Waals surface area contributed by atoms with Gasteiger partial charge >= 0.3 is 0 Å². The number of sulfonamides is 1. The summed E-state index contributed by atoms with van der Waals surface area (Å²) in [6.07, 6.45) is 1.23. The van der Waals surface area contributed by atoms with Crippen LogP contribution < -0.4 is 5.73 Å². The average Bonchev–Trinajstić information content (AvgIpc) is 2.42. The highest BCUT2D eigenvalue weighted by Crippen LogP contribution is 2.24. The summed E-state index contributed by atoms with van der Waals surface area (Å²) in [5.74, 6) is -2.69. The van der Waals surface area contributed by atoms with E-state index in [0.29, 0.717) is 18.9 Å². The molecular formula is C12H15F2N3O2S. The van der Waals surface area contributed by atoms with Crippen molar-refractivity contribution in [3.63, 3.8) is 0 Å². The number of rotatable bonds is 3. The van der Waals surface area contributed by atoms with Gasteiger partial charge in [0.05, 0.1) is 10.7 Å². The van der Waals surface area contributed by atoms with Crippen molar-refractivity contribution in [2.45, 2.75) is 17.7 Å². The predicted molar refractivity (Wildman–Crippen MR) is 69.8 cm³/mol. The molecule has 5 nitrogen and oxygen atoms in total. The molecule has 0 bridgehead atoms. The summed E-state index contributed by atoms with van der Waals surface area (Å²) in [5.41, 5.74) is 5.41. The van der Waals surface area contributed by atoms with Gasteiger partial charge in [-0.3, -0.25) is 5.41 Å². The Morgan fingerprint density at radius 3 is 2.65 bits per heavy atom. The fraction of sp³-hybridized carbons (Fsp3) is 0.417. The zero-order valence-electron chi connectivity index (χ0n) is 10.6. The maximum Gasteiger partial charge on any atom is 0.243 e. The molecule has 8 heteroatoms. The van der Waals surface area contributed by atoms with Crippen LogP contribution in [0.25, 0.3) is 0 Å². The fourth-order valence-corrected chi connectivity index (χ4v) is 3.74. The third-order valence-electron chi connectivity index (χ3n) is 3.35. The van der Waals surface area contributed by atoms with Gasteiger partial charge in [-0.25, -0.2) is 17.2 Å². The van der Waals surface area contributed by atoms with Crippen molar-refractivity contribution in [3.05, 3.63) is 29.8 Å². The van der Waals surface area contributed by atoms with Crippen LogP contribution >= 0.6 is 0 Å². The molecule has 1 unspecified atom stereocenters. The minimum atomic E-state index is -3.89. The molecule has 3 N–H and O–H groups in total. The molecule has 0 radical (unpaired) electrons. The van der Waals surface area contributed by atoms with Crippen LogP contribution in [0.1, 0.15) is 12.8 Å². The minimum Gasteiger partial charge on any atom is -0.387 e. The zero-order chi connectivity index (χ0) is 14.9. The highest BCUT2D eigenvalue weighted by molar-refractivity contribution is 7.89. The molecule has 1 heterocycles. The van der Waals surface area contributed by atoms with Gasteiger partial charge < -0.3 is 5.73 Å². The van der Waals surface area contributed by atoms with E-state index in [1.54, 1.807) is 0 Å². The van der Waals surface area contributed by atoms with E-state index in [4.69, 9.17) is 11.1 Å². The molecule has 1 aliphatic rings. The number of nitrogens with one attached hydrogen (secondary N) is 1. The van der Waals surface area contributed by atoms with Crippen molar-refractivity contribution < 1.29 is 17.2 Å². The number of piperidine rings is 1. The molecule has 0 aliphatic carbocycles. The van der Waals surface area contributed by atoms with Gasteiger partial charge in [-0.2, -0.15) is 4.31 Å². The van der Waals surface area contributed by atoms with Crippen LogP contribution in [-0.4, -0.2) is 31.6 Å². The number of amidine groups is 1. The lowest BCUT2D eigenvalue weighted by Gasteiger charge is -2.31. The summed E-state index contributed by atoms with van der Waals surface area (Å²) in [6, 6.07) is 2.49. The quantitative estimate of drug-likeness (QED) is 0.652. The standard InChI is InChI=1S/C12H15F2N3O2S/c13-10-4-3-9(6-11(10)14)20(18,19)17-5-1-2-8(7-17)12(15)16/h3-4,6,8H,1-2,5,7H2,(H3,15,16). The normalized spacial score (nSPS) is 20.8. The van der Waals surface area contributed by atoms with Gasteiger partial charge in [-0.15, -0.1) is 0 Å². The smallest absolute Gasteiger partial charge is 0.243 e. The molecule has 0 amide bonds. The van der Waals surface area contributed by atoms with Crippen molar-refractivity contribution in [2.75, 3.05) is 13.1 Å². The molecule has 1 aromatic rings. The van der Waals surface area contributed by atoms with Gasteiger partial charge in [0.1, 0.15) is 0 Å². The first-order chi connectivity index (χ1) is 9.32. The number of halogens is 2. The number of benzene rings is 1. The van der Waals surface area contributed by atoms with Crippen molar-refractivity contribution in [1.82, 2.24) is 4.31 Å². The third kappa shape index (κ3) is 2.80. The second-order valence-electron chi connectivity index (χ2n) is 4.73. The van der Waals surface area contributed by atoms with Crippen LogP contribution in [0.2, 0.25) is 0 Å². The summed E-state index contributed by atoms with van der Waals surface area (Å²) < 4.78 is 51.9. The van der Waals surface area contributed by atoms with Crippen molar-refractivity contribution in [3.8, 4) is 0 Å². The first-order valence-electron chi connectivity index (χ1n) is 6.11. The molecule has 20 heavy (non-hydrogen) atoms. The first kappa shape index (κ1) is 14.9. The van der Waals surface area contributed by atoms with E-state index in [1.165, 1.54) is 0 Å².